The average molecular weight is 435 g/mol. The highest BCUT2D eigenvalue weighted by Crippen LogP contribution is 2.32. The van der Waals surface area contributed by atoms with Gasteiger partial charge in [-0.1, -0.05) is 48.5 Å². The highest BCUT2D eigenvalue weighted by atomic mass is 16.5. The number of carbonyl (C=O) groups is 2. The van der Waals surface area contributed by atoms with E-state index in [-0.39, 0.29) is 17.9 Å². The molecule has 0 aromatic heterocycles. The standard InChI is InChI=1S/C25H30N4O3/c26-23(17-7-2-1-3-8-17)25(31)29-15-18-9-6-13-28(18)16-21(29)24(30)27-20-12-14-32-22-11-5-4-10-19(20)22/h1-5,7-8,10-11,18,20-21,23H,6,9,12-16,26H2,(H,27,30)/t18-,20-,21+,23+/m1/s1. The van der Waals surface area contributed by atoms with E-state index in [1.807, 2.05) is 54.6 Å². The number of hydrogen-bond donors (Lipinski definition) is 2. The number of nitrogens with zero attached hydrogens (tertiary/aromatic N) is 2. The lowest BCUT2D eigenvalue weighted by Gasteiger charge is -2.44. The van der Waals surface area contributed by atoms with Gasteiger partial charge in [0, 0.05) is 31.1 Å². The summed E-state index contributed by atoms with van der Waals surface area (Å²) in [4.78, 5) is 31.1. The molecule has 0 radical (unpaired) electrons. The average Bonchev–Trinajstić information content (AvgIpc) is 3.31. The lowest BCUT2D eigenvalue weighted by Crippen LogP contribution is -2.63. The van der Waals surface area contributed by atoms with Crippen LogP contribution in [-0.2, 0) is 9.59 Å². The Morgan fingerprint density at radius 1 is 1.03 bits per heavy atom. The third kappa shape index (κ3) is 3.98. The Morgan fingerprint density at radius 3 is 2.66 bits per heavy atom. The number of hydrogen-bond acceptors (Lipinski definition) is 5. The molecule has 5 rings (SSSR count). The van der Waals surface area contributed by atoms with Crippen LogP contribution in [0, 0.1) is 0 Å². The van der Waals surface area contributed by atoms with E-state index in [2.05, 4.69) is 10.2 Å². The minimum absolute atomic E-state index is 0.120. The van der Waals surface area contributed by atoms with Crippen LogP contribution in [0.1, 0.15) is 42.5 Å². The van der Waals surface area contributed by atoms with Crippen molar-refractivity contribution in [2.45, 2.75) is 43.4 Å². The molecule has 3 aliphatic heterocycles. The summed E-state index contributed by atoms with van der Waals surface area (Å²) >= 11 is 0. The molecule has 3 N–H and O–H groups in total. The fourth-order valence-corrected chi connectivity index (χ4v) is 5.23. The van der Waals surface area contributed by atoms with Gasteiger partial charge < -0.3 is 20.7 Å². The van der Waals surface area contributed by atoms with Crippen molar-refractivity contribution in [3.8, 4) is 5.75 Å². The van der Waals surface area contributed by atoms with E-state index in [0.29, 0.717) is 32.2 Å². The first-order valence-electron chi connectivity index (χ1n) is 11.5. The summed E-state index contributed by atoms with van der Waals surface area (Å²) in [6.45, 7) is 2.63. The fourth-order valence-electron chi connectivity index (χ4n) is 5.23. The molecule has 0 unspecified atom stereocenters. The Morgan fingerprint density at radius 2 is 1.81 bits per heavy atom. The van der Waals surface area contributed by atoms with Gasteiger partial charge in [0.05, 0.1) is 12.6 Å². The molecule has 2 fully saturated rings. The van der Waals surface area contributed by atoms with Gasteiger partial charge in [0.15, 0.2) is 0 Å². The van der Waals surface area contributed by atoms with Crippen molar-refractivity contribution in [3.63, 3.8) is 0 Å². The van der Waals surface area contributed by atoms with Crippen LogP contribution in [0.2, 0.25) is 0 Å². The van der Waals surface area contributed by atoms with Crippen LogP contribution in [0.4, 0.5) is 0 Å². The third-order valence-electron chi connectivity index (χ3n) is 6.98. The molecule has 2 aromatic carbocycles. The van der Waals surface area contributed by atoms with Gasteiger partial charge in [-0.15, -0.1) is 0 Å². The molecule has 168 valence electrons. The van der Waals surface area contributed by atoms with Crippen LogP contribution in [-0.4, -0.2) is 59.9 Å². The van der Waals surface area contributed by atoms with E-state index in [1.54, 1.807) is 4.90 Å². The van der Waals surface area contributed by atoms with Crippen molar-refractivity contribution in [1.82, 2.24) is 15.1 Å². The maximum absolute atomic E-state index is 13.5. The Balaban J connectivity index is 1.37. The molecule has 0 spiro atoms. The Hall–Kier alpha value is -2.90. The van der Waals surface area contributed by atoms with Crippen LogP contribution >= 0.6 is 0 Å². The first kappa shape index (κ1) is 21.0. The number of rotatable bonds is 4. The van der Waals surface area contributed by atoms with Gasteiger partial charge in [-0.05, 0) is 31.0 Å². The van der Waals surface area contributed by atoms with Crippen molar-refractivity contribution >= 4 is 11.8 Å². The van der Waals surface area contributed by atoms with Gasteiger partial charge >= 0.3 is 0 Å². The van der Waals surface area contributed by atoms with Gasteiger partial charge in [-0.25, -0.2) is 0 Å². The lowest BCUT2D eigenvalue weighted by molar-refractivity contribution is -0.146. The Labute approximate surface area is 188 Å². The molecule has 0 saturated carbocycles. The van der Waals surface area contributed by atoms with Crippen LogP contribution < -0.4 is 15.8 Å². The summed E-state index contributed by atoms with van der Waals surface area (Å²) < 4.78 is 5.74. The van der Waals surface area contributed by atoms with Crippen molar-refractivity contribution in [3.05, 3.63) is 65.7 Å². The number of para-hydroxylation sites is 1. The van der Waals surface area contributed by atoms with E-state index < -0.39 is 12.1 Å². The topological polar surface area (TPSA) is 87.9 Å². The van der Waals surface area contributed by atoms with Gasteiger partial charge in [0.1, 0.15) is 17.8 Å². The maximum Gasteiger partial charge on any atom is 0.244 e. The summed E-state index contributed by atoms with van der Waals surface area (Å²) in [7, 11) is 0. The van der Waals surface area contributed by atoms with Crippen molar-refractivity contribution < 1.29 is 14.3 Å². The van der Waals surface area contributed by atoms with Crippen LogP contribution in [0.25, 0.3) is 0 Å². The highest BCUT2D eigenvalue weighted by molar-refractivity contribution is 5.91. The van der Waals surface area contributed by atoms with E-state index in [9.17, 15) is 9.59 Å². The Kier molecular flexibility index (Phi) is 5.85. The lowest BCUT2D eigenvalue weighted by atomic mass is 9.98. The normalized spacial score (nSPS) is 25.9. The van der Waals surface area contributed by atoms with Gasteiger partial charge in [0.25, 0.3) is 0 Å². The molecule has 0 aliphatic carbocycles. The maximum atomic E-state index is 13.5. The SMILES string of the molecule is N[C@H](C(=O)N1C[C@H]2CCCN2C[C@H]1C(=O)N[C@@H]1CCOc2ccccc21)c1ccccc1. The first-order chi connectivity index (χ1) is 15.6. The zero-order valence-corrected chi connectivity index (χ0v) is 18.2. The molecular formula is C25H30N4O3. The summed E-state index contributed by atoms with van der Waals surface area (Å²) in [5, 5.41) is 3.21. The second-order valence-corrected chi connectivity index (χ2v) is 8.92. The second-order valence-electron chi connectivity index (χ2n) is 8.92. The molecule has 0 bridgehead atoms. The highest BCUT2D eigenvalue weighted by Gasteiger charge is 2.43. The minimum Gasteiger partial charge on any atom is -0.493 e. The number of carbonyl (C=O) groups excluding carboxylic acids is 2. The summed E-state index contributed by atoms with van der Waals surface area (Å²) in [6.07, 6.45) is 2.85. The van der Waals surface area contributed by atoms with Gasteiger partial charge in [-0.2, -0.15) is 0 Å². The summed E-state index contributed by atoms with van der Waals surface area (Å²) in [6, 6.07) is 16.0. The molecule has 3 aliphatic rings. The van der Waals surface area contributed by atoms with Gasteiger partial charge in [0.2, 0.25) is 11.8 Å². The largest absolute Gasteiger partial charge is 0.493 e. The predicted octanol–water partition coefficient (Wildman–Crippen LogP) is 2.00. The zero-order valence-electron chi connectivity index (χ0n) is 18.2. The smallest absolute Gasteiger partial charge is 0.244 e. The number of piperazine rings is 1. The van der Waals surface area contributed by atoms with Crippen LogP contribution in [0.3, 0.4) is 0 Å². The van der Waals surface area contributed by atoms with Crippen molar-refractivity contribution in [2.24, 2.45) is 5.73 Å². The quantitative estimate of drug-likeness (QED) is 0.769. The van der Waals surface area contributed by atoms with Gasteiger partial charge in [-0.3, -0.25) is 14.5 Å². The minimum atomic E-state index is -0.775. The molecule has 7 nitrogen and oxygen atoms in total. The number of fused-ring (bicyclic) bond motifs is 2. The number of nitrogens with two attached hydrogens (primary N) is 1. The summed E-state index contributed by atoms with van der Waals surface area (Å²) in [5.41, 5.74) is 8.12. The zero-order chi connectivity index (χ0) is 22.1. The first-order valence-corrected chi connectivity index (χ1v) is 11.5. The predicted molar refractivity (Wildman–Crippen MR) is 121 cm³/mol. The number of nitrogens with one attached hydrogen (secondary N) is 1. The molecule has 7 heteroatoms. The molecule has 4 atom stereocenters. The van der Waals surface area contributed by atoms with E-state index >= 15 is 0 Å². The van der Waals surface area contributed by atoms with E-state index in [4.69, 9.17) is 10.5 Å². The van der Waals surface area contributed by atoms with Crippen LogP contribution in [0.15, 0.2) is 54.6 Å². The molecule has 3 heterocycles. The molecular weight excluding hydrogens is 404 g/mol. The Bertz CT molecular complexity index is 982. The van der Waals surface area contributed by atoms with Crippen molar-refractivity contribution in [1.29, 1.82) is 0 Å². The van der Waals surface area contributed by atoms with Crippen LogP contribution in [0.5, 0.6) is 5.75 Å². The third-order valence-corrected chi connectivity index (χ3v) is 6.98. The van der Waals surface area contributed by atoms with E-state index in [0.717, 1.165) is 36.3 Å². The van der Waals surface area contributed by atoms with E-state index in [1.165, 1.54) is 0 Å². The summed E-state index contributed by atoms with van der Waals surface area (Å²) in [5.74, 6) is 0.507. The number of benzene rings is 2. The monoisotopic (exact) mass is 434 g/mol. The fraction of sp³-hybridized carbons (Fsp3) is 0.440. The molecule has 32 heavy (non-hydrogen) atoms. The number of amides is 2. The molecule has 2 aromatic rings. The number of ether oxygens (including phenoxy) is 1. The van der Waals surface area contributed by atoms with Crippen molar-refractivity contribution in [2.75, 3.05) is 26.2 Å². The molecule has 2 saturated heterocycles. The molecule has 2 amide bonds. The second kappa shape index (κ2) is 8.92.